The first-order valence-corrected chi connectivity index (χ1v) is 7.24. The minimum absolute atomic E-state index is 0.0421. The highest BCUT2D eigenvalue weighted by Crippen LogP contribution is 2.34. The number of hydrogen-bond donors (Lipinski definition) is 3. The molecule has 0 aliphatic carbocycles. The van der Waals surface area contributed by atoms with Crippen LogP contribution in [0.1, 0.15) is 23.7 Å². The molecule has 0 radical (unpaired) electrons. The molecule has 1 atom stereocenters. The number of anilines is 1. The Labute approximate surface area is 140 Å². The van der Waals surface area contributed by atoms with Gasteiger partial charge in [0.25, 0.3) is 0 Å². The van der Waals surface area contributed by atoms with Gasteiger partial charge in [0.1, 0.15) is 0 Å². The predicted molar refractivity (Wildman–Crippen MR) is 81.4 cm³/mol. The van der Waals surface area contributed by atoms with E-state index >= 15 is 0 Å². The van der Waals surface area contributed by atoms with E-state index < -0.39 is 35.3 Å². The molecule has 2 rings (SSSR count). The lowest BCUT2D eigenvalue weighted by molar-refractivity contribution is -0.138. The molecule has 9 heteroatoms. The molecule has 3 N–H and O–H groups in total. The first kappa shape index (κ1) is 18.5. The number of rotatable bonds is 5. The van der Waals surface area contributed by atoms with Crippen LogP contribution in [0, 0.1) is 0 Å². The summed E-state index contributed by atoms with van der Waals surface area (Å²) in [6.07, 6.45) is -2.73. The van der Waals surface area contributed by atoms with Gasteiger partial charge in [-0.15, -0.1) is 0 Å². The Morgan fingerprint density at radius 3 is 2.52 bits per heavy atom. The Hall–Kier alpha value is -2.81. The zero-order valence-electron chi connectivity index (χ0n) is 12.8. The van der Waals surface area contributed by atoms with Gasteiger partial charge < -0.3 is 20.2 Å². The Balaban J connectivity index is 1.88. The number of para-hydroxylation sites is 1. The minimum Gasteiger partial charge on any atom is -0.472 e. The average Bonchev–Trinajstić information content (AvgIpc) is 3.08. The van der Waals surface area contributed by atoms with E-state index in [2.05, 4.69) is 5.32 Å². The second-order valence-corrected chi connectivity index (χ2v) is 5.11. The third-order valence-electron chi connectivity index (χ3n) is 3.32. The molecule has 134 valence electrons. The van der Waals surface area contributed by atoms with Gasteiger partial charge in [-0.3, -0.25) is 9.59 Å². The van der Waals surface area contributed by atoms with Crippen molar-refractivity contribution in [2.45, 2.75) is 18.7 Å². The second-order valence-electron chi connectivity index (χ2n) is 5.11. The van der Waals surface area contributed by atoms with Crippen LogP contribution in [0.5, 0.6) is 0 Å². The summed E-state index contributed by atoms with van der Waals surface area (Å²) in [5, 5.41) is 14.0. The van der Waals surface area contributed by atoms with Crippen LogP contribution < -0.4 is 10.6 Å². The maximum atomic E-state index is 12.8. The Bertz CT molecular complexity index is 729. The van der Waals surface area contributed by atoms with E-state index in [1.807, 2.05) is 5.32 Å². The number of furan rings is 1. The van der Waals surface area contributed by atoms with Crippen LogP contribution in [0.25, 0.3) is 0 Å². The summed E-state index contributed by atoms with van der Waals surface area (Å²) < 4.78 is 43.3. The standard InChI is InChI=1S/C16H15F3N2O4/c17-16(18,19)11-3-1-2-4-12(11)21-15(24)14(23)20-7-5-13(22)10-6-8-25-9-10/h1-4,6,8-9,13,22H,5,7H2,(H,20,23)(H,21,24). The van der Waals surface area contributed by atoms with Gasteiger partial charge in [0.05, 0.1) is 29.9 Å². The van der Waals surface area contributed by atoms with Crippen molar-refractivity contribution >= 4 is 17.5 Å². The fraction of sp³-hybridized carbons (Fsp3) is 0.250. The monoisotopic (exact) mass is 356 g/mol. The molecule has 0 aliphatic rings. The molecule has 0 spiro atoms. The van der Waals surface area contributed by atoms with Crippen molar-refractivity contribution in [3.8, 4) is 0 Å². The fourth-order valence-corrected chi connectivity index (χ4v) is 2.05. The molecule has 0 fully saturated rings. The van der Waals surface area contributed by atoms with Crippen LogP contribution in [-0.2, 0) is 15.8 Å². The average molecular weight is 356 g/mol. The van der Waals surface area contributed by atoms with Crippen LogP contribution >= 0.6 is 0 Å². The number of halogens is 3. The van der Waals surface area contributed by atoms with E-state index in [0.29, 0.717) is 5.56 Å². The molecule has 25 heavy (non-hydrogen) atoms. The molecule has 1 heterocycles. The Kier molecular flexibility index (Phi) is 5.81. The summed E-state index contributed by atoms with van der Waals surface area (Å²) in [6.45, 7) is -0.0421. The van der Waals surface area contributed by atoms with Gasteiger partial charge in [-0.25, -0.2) is 0 Å². The van der Waals surface area contributed by atoms with Gasteiger partial charge in [-0.05, 0) is 24.6 Å². The van der Waals surface area contributed by atoms with Gasteiger partial charge in [0.15, 0.2) is 0 Å². The molecule has 0 bridgehead atoms. The van der Waals surface area contributed by atoms with Gasteiger partial charge in [0, 0.05) is 12.1 Å². The second kappa shape index (κ2) is 7.84. The van der Waals surface area contributed by atoms with Crippen molar-refractivity contribution < 1.29 is 32.3 Å². The van der Waals surface area contributed by atoms with Gasteiger partial charge in [0.2, 0.25) is 0 Å². The van der Waals surface area contributed by atoms with Gasteiger partial charge >= 0.3 is 18.0 Å². The summed E-state index contributed by atoms with van der Waals surface area (Å²) in [7, 11) is 0. The lowest BCUT2D eigenvalue weighted by Gasteiger charge is -2.13. The van der Waals surface area contributed by atoms with Gasteiger partial charge in [-0.2, -0.15) is 13.2 Å². The fourth-order valence-electron chi connectivity index (χ4n) is 2.05. The van der Waals surface area contributed by atoms with E-state index in [1.54, 1.807) is 6.07 Å². The predicted octanol–water partition coefficient (Wildman–Crippen LogP) is 2.48. The number of aliphatic hydroxyl groups is 1. The molecular formula is C16H15F3N2O4. The summed E-state index contributed by atoms with van der Waals surface area (Å²) in [5.74, 6) is -2.33. The topological polar surface area (TPSA) is 91.6 Å². The highest BCUT2D eigenvalue weighted by molar-refractivity contribution is 6.39. The zero-order chi connectivity index (χ0) is 18.4. The molecule has 0 saturated heterocycles. The highest BCUT2D eigenvalue weighted by atomic mass is 19.4. The molecular weight excluding hydrogens is 341 g/mol. The number of nitrogens with one attached hydrogen (secondary N) is 2. The molecule has 1 unspecified atom stereocenters. The summed E-state index contributed by atoms with van der Waals surface area (Å²) in [4.78, 5) is 23.4. The number of benzene rings is 1. The number of hydrogen-bond acceptors (Lipinski definition) is 4. The quantitative estimate of drug-likeness (QED) is 0.718. The Morgan fingerprint density at radius 2 is 1.88 bits per heavy atom. The Morgan fingerprint density at radius 1 is 1.16 bits per heavy atom. The van der Waals surface area contributed by atoms with Crippen LogP contribution in [-0.4, -0.2) is 23.5 Å². The molecule has 0 saturated carbocycles. The number of carbonyl (C=O) groups is 2. The normalized spacial score (nSPS) is 12.5. The number of alkyl halides is 3. The van der Waals surface area contributed by atoms with Crippen LogP contribution in [0.3, 0.4) is 0 Å². The van der Waals surface area contributed by atoms with E-state index in [9.17, 15) is 27.9 Å². The zero-order valence-corrected chi connectivity index (χ0v) is 12.8. The van der Waals surface area contributed by atoms with Crippen molar-refractivity contribution in [1.82, 2.24) is 5.32 Å². The maximum Gasteiger partial charge on any atom is 0.418 e. The minimum atomic E-state index is -4.66. The van der Waals surface area contributed by atoms with Gasteiger partial charge in [-0.1, -0.05) is 12.1 Å². The van der Waals surface area contributed by atoms with E-state index in [1.165, 1.54) is 24.7 Å². The molecule has 1 aromatic heterocycles. The molecule has 2 aromatic rings. The number of amides is 2. The first-order chi connectivity index (χ1) is 11.8. The first-order valence-electron chi connectivity index (χ1n) is 7.24. The summed E-state index contributed by atoms with van der Waals surface area (Å²) >= 11 is 0. The molecule has 1 aromatic carbocycles. The van der Waals surface area contributed by atoms with Crippen molar-refractivity contribution in [1.29, 1.82) is 0 Å². The van der Waals surface area contributed by atoms with Crippen LogP contribution in [0.4, 0.5) is 18.9 Å². The molecule has 2 amide bonds. The van der Waals surface area contributed by atoms with Crippen molar-refractivity contribution in [2.75, 3.05) is 11.9 Å². The van der Waals surface area contributed by atoms with E-state index in [-0.39, 0.29) is 13.0 Å². The molecule has 6 nitrogen and oxygen atoms in total. The van der Waals surface area contributed by atoms with Crippen LogP contribution in [0.15, 0.2) is 47.3 Å². The number of carbonyl (C=O) groups excluding carboxylic acids is 2. The maximum absolute atomic E-state index is 12.8. The summed E-state index contributed by atoms with van der Waals surface area (Å²) in [6, 6.07) is 5.89. The third kappa shape index (κ3) is 5.08. The van der Waals surface area contributed by atoms with E-state index in [0.717, 1.165) is 12.1 Å². The summed E-state index contributed by atoms with van der Waals surface area (Å²) in [5.41, 5.74) is -1.04. The smallest absolute Gasteiger partial charge is 0.418 e. The van der Waals surface area contributed by atoms with Crippen molar-refractivity contribution in [2.24, 2.45) is 0 Å². The van der Waals surface area contributed by atoms with Crippen molar-refractivity contribution in [3.63, 3.8) is 0 Å². The van der Waals surface area contributed by atoms with Crippen molar-refractivity contribution in [3.05, 3.63) is 54.0 Å². The van der Waals surface area contributed by atoms with E-state index in [4.69, 9.17) is 4.42 Å². The SMILES string of the molecule is O=C(NCCC(O)c1ccoc1)C(=O)Nc1ccccc1C(F)(F)F. The number of aliphatic hydroxyl groups excluding tert-OH is 1. The largest absolute Gasteiger partial charge is 0.472 e. The van der Waals surface area contributed by atoms with Crippen LogP contribution in [0.2, 0.25) is 0 Å². The third-order valence-corrected chi connectivity index (χ3v) is 3.32. The lowest BCUT2D eigenvalue weighted by atomic mass is 10.1. The lowest BCUT2D eigenvalue weighted by Crippen LogP contribution is -2.36. The molecule has 0 aliphatic heterocycles. The highest BCUT2D eigenvalue weighted by Gasteiger charge is 2.34.